The molecule has 160 valence electrons. The molecule has 0 saturated carbocycles. The van der Waals surface area contributed by atoms with Gasteiger partial charge >= 0.3 is 0 Å². The van der Waals surface area contributed by atoms with Gasteiger partial charge in [0, 0.05) is 30.4 Å². The van der Waals surface area contributed by atoms with Gasteiger partial charge in [-0.3, -0.25) is 9.59 Å². The molecule has 31 heavy (non-hydrogen) atoms. The Morgan fingerprint density at radius 1 is 1.23 bits per heavy atom. The molecule has 1 fully saturated rings. The van der Waals surface area contributed by atoms with Crippen molar-refractivity contribution in [1.29, 1.82) is 0 Å². The van der Waals surface area contributed by atoms with E-state index in [4.69, 9.17) is 4.74 Å². The van der Waals surface area contributed by atoms with Gasteiger partial charge in [-0.15, -0.1) is 10.2 Å². The lowest BCUT2D eigenvalue weighted by Crippen LogP contribution is -2.24. The number of carbonyl (C=O) groups excluding carboxylic acids is 2. The van der Waals surface area contributed by atoms with Crippen molar-refractivity contribution < 1.29 is 14.3 Å². The quantitative estimate of drug-likeness (QED) is 0.658. The number of benzene rings is 1. The molecule has 9 nitrogen and oxygen atoms in total. The number of hydrogen-bond acceptors (Lipinski definition) is 6. The van der Waals surface area contributed by atoms with E-state index in [2.05, 4.69) is 20.6 Å². The summed E-state index contributed by atoms with van der Waals surface area (Å²) in [4.78, 5) is 26.8. The van der Waals surface area contributed by atoms with Crippen molar-refractivity contribution in [3.63, 3.8) is 0 Å². The third kappa shape index (κ3) is 3.98. The van der Waals surface area contributed by atoms with E-state index in [0.29, 0.717) is 35.8 Å². The highest BCUT2D eigenvalue weighted by Crippen LogP contribution is 2.28. The number of aromatic nitrogens is 4. The fraction of sp³-hybridized carbons (Fsp3) is 0.318. The topological polar surface area (TPSA) is 102 Å². The molecule has 1 aliphatic rings. The zero-order valence-corrected chi connectivity index (χ0v) is 17.8. The van der Waals surface area contributed by atoms with Crippen LogP contribution < -0.4 is 15.0 Å². The molecule has 0 bridgehead atoms. The summed E-state index contributed by atoms with van der Waals surface area (Å²) in [6, 6.07) is 9.01. The summed E-state index contributed by atoms with van der Waals surface area (Å²) in [6.07, 6.45) is 3.58. The third-order valence-electron chi connectivity index (χ3n) is 5.32. The molecular formula is C22H24N6O3. The molecule has 1 saturated heterocycles. The van der Waals surface area contributed by atoms with E-state index < -0.39 is 0 Å². The Morgan fingerprint density at radius 3 is 2.68 bits per heavy atom. The van der Waals surface area contributed by atoms with Gasteiger partial charge < -0.3 is 15.0 Å². The van der Waals surface area contributed by atoms with E-state index >= 15 is 0 Å². The van der Waals surface area contributed by atoms with Crippen LogP contribution in [-0.2, 0) is 11.2 Å². The largest absolute Gasteiger partial charge is 0.480 e. The molecule has 9 heteroatoms. The van der Waals surface area contributed by atoms with Crippen molar-refractivity contribution in [2.24, 2.45) is 0 Å². The first-order valence-electron chi connectivity index (χ1n) is 10.2. The first kappa shape index (κ1) is 20.5. The van der Waals surface area contributed by atoms with Crippen LogP contribution in [0.15, 0.2) is 36.5 Å². The standard InChI is InChI=1S/C22H24N6O3/c1-4-17-16(13-23-28(17)19-9-10-20(31-3)26-25-19)22(30)24-15-7-8-18(14(2)12-15)27-11-5-6-21(27)29/h7-10,12-13H,4-6,11H2,1-3H3,(H,24,30). The van der Waals surface area contributed by atoms with Crippen molar-refractivity contribution in [1.82, 2.24) is 20.0 Å². The maximum atomic E-state index is 13.0. The van der Waals surface area contributed by atoms with Gasteiger partial charge in [0.2, 0.25) is 11.8 Å². The first-order valence-corrected chi connectivity index (χ1v) is 10.2. The molecule has 3 aromatic rings. The Labute approximate surface area is 180 Å². The van der Waals surface area contributed by atoms with Crippen LogP contribution in [0.5, 0.6) is 5.88 Å². The Bertz CT molecular complexity index is 1120. The number of amides is 2. The fourth-order valence-corrected chi connectivity index (χ4v) is 3.77. The van der Waals surface area contributed by atoms with Crippen LogP contribution in [0.3, 0.4) is 0 Å². The van der Waals surface area contributed by atoms with E-state index in [9.17, 15) is 9.59 Å². The maximum Gasteiger partial charge on any atom is 0.259 e. The molecule has 0 unspecified atom stereocenters. The molecule has 1 N–H and O–H groups in total. The summed E-state index contributed by atoms with van der Waals surface area (Å²) in [7, 11) is 1.52. The van der Waals surface area contributed by atoms with Crippen LogP contribution in [0, 0.1) is 6.92 Å². The third-order valence-corrected chi connectivity index (χ3v) is 5.32. The highest BCUT2D eigenvalue weighted by molar-refractivity contribution is 6.05. The normalized spacial score (nSPS) is 13.5. The Morgan fingerprint density at radius 2 is 2.06 bits per heavy atom. The summed E-state index contributed by atoms with van der Waals surface area (Å²) in [6.45, 7) is 4.63. The molecule has 0 atom stereocenters. The molecule has 2 amide bonds. The lowest BCUT2D eigenvalue weighted by molar-refractivity contribution is -0.117. The zero-order chi connectivity index (χ0) is 22.0. The van der Waals surface area contributed by atoms with Crippen LogP contribution in [-0.4, -0.2) is 45.4 Å². The number of methoxy groups -OCH3 is 1. The lowest BCUT2D eigenvalue weighted by Gasteiger charge is -2.19. The van der Waals surface area contributed by atoms with Crippen LogP contribution in [0.4, 0.5) is 11.4 Å². The molecule has 1 aliphatic heterocycles. The van der Waals surface area contributed by atoms with E-state index in [0.717, 1.165) is 29.9 Å². The molecular weight excluding hydrogens is 396 g/mol. The minimum Gasteiger partial charge on any atom is -0.480 e. The van der Waals surface area contributed by atoms with Crippen molar-refractivity contribution in [3.05, 3.63) is 53.3 Å². The average Bonchev–Trinajstić information content (AvgIpc) is 3.40. The van der Waals surface area contributed by atoms with E-state index in [1.165, 1.54) is 13.3 Å². The molecule has 0 spiro atoms. The monoisotopic (exact) mass is 420 g/mol. The molecule has 0 radical (unpaired) electrons. The van der Waals surface area contributed by atoms with Crippen molar-refractivity contribution in [3.8, 4) is 11.7 Å². The summed E-state index contributed by atoms with van der Waals surface area (Å²) in [5.41, 5.74) is 3.69. The van der Waals surface area contributed by atoms with Gasteiger partial charge in [0.05, 0.1) is 24.6 Å². The minimum atomic E-state index is -0.256. The number of carbonyl (C=O) groups is 2. The average molecular weight is 420 g/mol. The van der Waals surface area contributed by atoms with Gasteiger partial charge in [-0.2, -0.15) is 5.10 Å². The molecule has 2 aromatic heterocycles. The van der Waals surface area contributed by atoms with Crippen molar-refractivity contribution in [2.45, 2.75) is 33.1 Å². The smallest absolute Gasteiger partial charge is 0.259 e. The summed E-state index contributed by atoms with van der Waals surface area (Å²) in [5.74, 6) is 0.795. The highest BCUT2D eigenvalue weighted by atomic mass is 16.5. The van der Waals surface area contributed by atoms with Crippen LogP contribution in [0.1, 0.15) is 41.4 Å². The highest BCUT2D eigenvalue weighted by Gasteiger charge is 2.23. The van der Waals surface area contributed by atoms with Gasteiger partial charge in [-0.05, 0) is 49.6 Å². The molecule has 3 heterocycles. The number of anilines is 2. The second-order valence-corrected chi connectivity index (χ2v) is 7.31. The van der Waals surface area contributed by atoms with E-state index in [1.54, 1.807) is 21.7 Å². The number of nitrogens with zero attached hydrogens (tertiary/aromatic N) is 5. The fourth-order valence-electron chi connectivity index (χ4n) is 3.77. The second-order valence-electron chi connectivity index (χ2n) is 7.31. The first-order chi connectivity index (χ1) is 15.0. The second kappa shape index (κ2) is 8.55. The summed E-state index contributed by atoms with van der Waals surface area (Å²) >= 11 is 0. The number of nitrogens with one attached hydrogen (secondary N) is 1. The van der Waals surface area contributed by atoms with Crippen molar-refractivity contribution in [2.75, 3.05) is 23.9 Å². The number of hydrogen-bond donors (Lipinski definition) is 1. The number of ether oxygens (including phenoxy) is 1. The molecule has 4 rings (SSSR count). The number of rotatable bonds is 6. The van der Waals surface area contributed by atoms with Crippen LogP contribution in [0.25, 0.3) is 5.82 Å². The van der Waals surface area contributed by atoms with Gasteiger partial charge in [0.25, 0.3) is 5.91 Å². The predicted octanol–water partition coefficient (Wildman–Crippen LogP) is 2.92. The summed E-state index contributed by atoms with van der Waals surface area (Å²) in [5, 5.41) is 15.3. The Kier molecular flexibility index (Phi) is 5.66. The Balaban J connectivity index is 1.55. The Hall–Kier alpha value is -3.75. The van der Waals surface area contributed by atoms with Gasteiger partial charge in [-0.1, -0.05) is 6.92 Å². The van der Waals surface area contributed by atoms with Gasteiger partial charge in [-0.25, -0.2) is 4.68 Å². The van der Waals surface area contributed by atoms with Crippen molar-refractivity contribution >= 4 is 23.2 Å². The molecule has 0 aliphatic carbocycles. The summed E-state index contributed by atoms with van der Waals surface area (Å²) < 4.78 is 6.64. The molecule has 1 aromatic carbocycles. The SMILES string of the molecule is CCc1c(C(=O)Nc2ccc(N3CCCC3=O)c(C)c2)cnn1-c1ccc(OC)nn1. The van der Waals surface area contributed by atoms with E-state index in [1.807, 2.05) is 32.0 Å². The van der Waals surface area contributed by atoms with E-state index in [-0.39, 0.29) is 11.8 Å². The van der Waals surface area contributed by atoms with Crippen LogP contribution >= 0.6 is 0 Å². The van der Waals surface area contributed by atoms with Gasteiger partial charge in [0.1, 0.15) is 0 Å². The van der Waals surface area contributed by atoms with Crippen LogP contribution in [0.2, 0.25) is 0 Å². The minimum absolute atomic E-state index is 0.140. The predicted molar refractivity (Wildman–Crippen MR) is 116 cm³/mol. The zero-order valence-electron chi connectivity index (χ0n) is 17.8. The number of aryl methyl sites for hydroxylation is 1. The maximum absolute atomic E-state index is 13.0. The lowest BCUT2D eigenvalue weighted by atomic mass is 10.1. The van der Waals surface area contributed by atoms with Gasteiger partial charge in [0.15, 0.2) is 5.82 Å².